The number of hydrogen-bond donors (Lipinski definition) is 1. The molecule has 192 valence electrons. The molecule has 5 nitrogen and oxygen atoms in total. The second-order valence-corrected chi connectivity index (χ2v) is 10.7. The molecule has 2 aromatic carbocycles. The minimum Gasteiger partial charge on any atom is -0.489 e. The van der Waals surface area contributed by atoms with Gasteiger partial charge in [0.05, 0.1) is 17.9 Å². The van der Waals surface area contributed by atoms with E-state index < -0.39 is 18.1 Å². The van der Waals surface area contributed by atoms with E-state index in [9.17, 15) is 28.3 Å². The summed E-state index contributed by atoms with van der Waals surface area (Å²) >= 11 is 0. The molecule has 0 amide bonds. The van der Waals surface area contributed by atoms with Crippen LogP contribution in [0.2, 0.25) is 0 Å². The van der Waals surface area contributed by atoms with E-state index in [4.69, 9.17) is 4.74 Å². The lowest BCUT2D eigenvalue weighted by Gasteiger charge is -2.48. The third-order valence-electron chi connectivity index (χ3n) is 8.43. The highest BCUT2D eigenvalue weighted by Crippen LogP contribution is 2.40. The number of ether oxygens (including phenoxy) is 1. The van der Waals surface area contributed by atoms with Crippen LogP contribution >= 0.6 is 0 Å². The summed E-state index contributed by atoms with van der Waals surface area (Å²) < 4.78 is 45.0. The molecule has 2 heterocycles. The number of halogens is 3. The summed E-state index contributed by atoms with van der Waals surface area (Å²) in [5.74, 6) is -1.78. The molecule has 2 saturated heterocycles. The van der Waals surface area contributed by atoms with Crippen molar-refractivity contribution in [3.63, 3.8) is 0 Å². The SMILES string of the molecule is N#Cc1c(O[C@H]2CC[C@@H](C(F)(F)F)CC2)ccc2cc(CN3C4CCCC3CC(C(=O)O)C4)ccc12. The Kier molecular flexibility index (Phi) is 6.86. The highest BCUT2D eigenvalue weighted by Gasteiger charge is 2.42. The van der Waals surface area contributed by atoms with E-state index in [1.807, 2.05) is 18.2 Å². The van der Waals surface area contributed by atoms with E-state index in [-0.39, 0.29) is 36.9 Å². The molecule has 1 N–H and O–H groups in total. The van der Waals surface area contributed by atoms with Crippen LogP contribution in [-0.2, 0) is 11.3 Å². The topological polar surface area (TPSA) is 73.6 Å². The molecule has 3 aliphatic rings. The smallest absolute Gasteiger partial charge is 0.391 e. The molecule has 2 unspecified atom stereocenters. The molecule has 5 rings (SSSR count). The van der Waals surface area contributed by atoms with Crippen LogP contribution in [0.15, 0.2) is 30.3 Å². The normalized spacial score (nSPS) is 29.0. The summed E-state index contributed by atoms with van der Waals surface area (Å²) in [7, 11) is 0. The van der Waals surface area contributed by atoms with Gasteiger partial charge in [-0.05, 0) is 74.4 Å². The average molecular weight is 501 g/mol. The Labute approximate surface area is 208 Å². The third kappa shape index (κ3) is 5.04. The number of aliphatic carboxylic acids is 1. The number of carboxylic acids is 1. The van der Waals surface area contributed by atoms with Crippen LogP contribution in [0.4, 0.5) is 13.2 Å². The van der Waals surface area contributed by atoms with Crippen LogP contribution in [0.25, 0.3) is 10.8 Å². The zero-order valence-corrected chi connectivity index (χ0v) is 20.1. The fourth-order valence-corrected chi connectivity index (χ4v) is 6.51. The predicted molar refractivity (Wildman–Crippen MR) is 128 cm³/mol. The zero-order valence-electron chi connectivity index (χ0n) is 20.1. The monoisotopic (exact) mass is 500 g/mol. The van der Waals surface area contributed by atoms with Gasteiger partial charge in [0.25, 0.3) is 0 Å². The second kappa shape index (κ2) is 9.93. The van der Waals surface area contributed by atoms with Crippen molar-refractivity contribution in [1.29, 1.82) is 5.26 Å². The van der Waals surface area contributed by atoms with Gasteiger partial charge in [-0.2, -0.15) is 18.4 Å². The van der Waals surface area contributed by atoms with E-state index in [0.717, 1.165) is 42.1 Å². The van der Waals surface area contributed by atoms with Crippen molar-refractivity contribution in [1.82, 2.24) is 4.90 Å². The van der Waals surface area contributed by atoms with Crippen LogP contribution in [0, 0.1) is 23.2 Å². The first kappa shape index (κ1) is 24.9. The Bertz CT molecular complexity index is 1150. The van der Waals surface area contributed by atoms with E-state index in [1.54, 1.807) is 6.07 Å². The number of fused-ring (bicyclic) bond motifs is 3. The highest BCUT2D eigenvalue weighted by atomic mass is 19.4. The van der Waals surface area contributed by atoms with Crippen LogP contribution in [0.5, 0.6) is 5.75 Å². The van der Waals surface area contributed by atoms with Gasteiger partial charge >= 0.3 is 12.1 Å². The molecule has 0 spiro atoms. The molecule has 2 atom stereocenters. The first-order valence-electron chi connectivity index (χ1n) is 12.9. The molecule has 0 aromatic heterocycles. The maximum atomic E-state index is 13.0. The van der Waals surface area contributed by atoms with E-state index >= 15 is 0 Å². The van der Waals surface area contributed by atoms with Crippen molar-refractivity contribution in [2.24, 2.45) is 11.8 Å². The number of carbonyl (C=O) groups is 1. The van der Waals surface area contributed by atoms with E-state index in [2.05, 4.69) is 17.0 Å². The van der Waals surface area contributed by atoms with Gasteiger partial charge in [0.15, 0.2) is 0 Å². The van der Waals surface area contributed by atoms with Crippen molar-refractivity contribution < 1.29 is 27.8 Å². The van der Waals surface area contributed by atoms with Gasteiger partial charge < -0.3 is 9.84 Å². The highest BCUT2D eigenvalue weighted by molar-refractivity contribution is 5.90. The average Bonchev–Trinajstić information content (AvgIpc) is 2.83. The third-order valence-corrected chi connectivity index (χ3v) is 8.43. The number of alkyl halides is 3. The maximum Gasteiger partial charge on any atom is 0.391 e. The Morgan fingerprint density at radius 2 is 1.75 bits per heavy atom. The maximum absolute atomic E-state index is 13.0. The molecule has 2 aliphatic heterocycles. The first-order valence-corrected chi connectivity index (χ1v) is 12.9. The lowest BCUT2D eigenvalue weighted by atomic mass is 9.78. The fraction of sp³-hybridized carbons (Fsp3) is 0.571. The molecular weight excluding hydrogens is 469 g/mol. The molecule has 0 radical (unpaired) electrons. The molecule has 36 heavy (non-hydrogen) atoms. The van der Waals surface area contributed by atoms with Crippen LogP contribution in [0.3, 0.4) is 0 Å². The number of hydrogen-bond acceptors (Lipinski definition) is 4. The summed E-state index contributed by atoms with van der Waals surface area (Å²) in [6.45, 7) is 0.750. The zero-order chi connectivity index (χ0) is 25.4. The summed E-state index contributed by atoms with van der Waals surface area (Å²) in [4.78, 5) is 14.0. The number of carboxylic acid groups (broad SMARTS) is 1. The number of benzene rings is 2. The minimum atomic E-state index is -4.16. The minimum absolute atomic E-state index is 0.0543. The number of piperidine rings is 2. The van der Waals surface area contributed by atoms with Gasteiger partial charge in [0.1, 0.15) is 17.4 Å². The van der Waals surface area contributed by atoms with Gasteiger partial charge in [-0.15, -0.1) is 0 Å². The second-order valence-electron chi connectivity index (χ2n) is 10.7. The van der Waals surface area contributed by atoms with Gasteiger partial charge in [0.2, 0.25) is 0 Å². The summed E-state index contributed by atoms with van der Waals surface area (Å²) in [6.07, 6.45) is 0.872. The van der Waals surface area contributed by atoms with Crippen molar-refractivity contribution >= 4 is 16.7 Å². The van der Waals surface area contributed by atoms with Crippen molar-refractivity contribution in [2.75, 3.05) is 0 Å². The summed E-state index contributed by atoms with van der Waals surface area (Å²) in [5, 5.41) is 21.1. The Balaban J connectivity index is 1.30. The lowest BCUT2D eigenvalue weighted by molar-refractivity contribution is -0.185. The molecule has 2 bridgehead atoms. The standard InChI is InChI=1S/C28H31F3N2O3/c29-28(30,31)20-6-8-23(9-7-20)36-26-11-5-18-12-17(4-10-24(18)25(26)15-32)16-33-21-2-1-3-22(33)14-19(13-21)27(34)35/h4-5,10-12,19-23H,1-3,6-9,13-14,16H2,(H,34,35)/t19?,20-,21?,22?,23+. The molecule has 1 saturated carbocycles. The number of nitrogens with zero attached hydrogens (tertiary/aromatic N) is 2. The summed E-state index contributed by atoms with van der Waals surface area (Å²) in [5.41, 5.74) is 1.53. The molecule has 2 aromatic rings. The fourth-order valence-electron chi connectivity index (χ4n) is 6.51. The quantitative estimate of drug-likeness (QED) is 0.512. The first-order chi connectivity index (χ1) is 17.2. The van der Waals surface area contributed by atoms with Gasteiger partial charge in [-0.3, -0.25) is 9.69 Å². The van der Waals surface area contributed by atoms with Crippen LogP contribution in [-0.4, -0.2) is 40.3 Å². The van der Waals surface area contributed by atoms with Crippen molar-refractivity contribution in [3.05, 3.63) is 41.5 Å². The largest absolute Gasteiger partial charge is 0.489 e. The number of nitriles is 1. The Morgan fingerprint density at radius 1 is 1.06 bits per heavy atom. The Morgan fingerprint density at radius 3 is 2.36 bits per heavy atom. The van der Waals surface area contributed by atoms with Crippen LogP contribution in [0.1, 0.15) is 68.9 Å². The molecule has 3 fully saturated rings. The van der Waals surface area contributed by atoms with Crippen molar-refractivity contribution in [3.8, 4) is 11.8 Å². The molecule has 8 heteroatoms. The van der Waals surface area contributed by atoms with Gasteiger partial charge in [-0.1, -0.05) is 24.6 Å². The van der Waals surface area contributed by atoms with Gasteiger partial charge in [0, 0.05) is 24.0 Å². The Hall–Kier alpha value is -2.79. The van der Waals surface area contributed by atoms with Gasteiger partial charge in [-0.25, -0.2) is 0 Å². The van der Waals surface area contributed by atoms with E-state index in [1.165, 1.54) is 0 Å². The molecule has 1 aliphatic carbocycles. The van der Waals surface area contributed by atoms with Crippen molar-refractivity contribution in [2.45, 2.75) is 88.7 Å². The number of rotatable bonds is 5. The summed E-state index contributed by atoms with van der Waals surface area (Å²) in [6, 6.07) is 12.5. The van der Waals surface area contributed by atoms with E-state index in [0.29, 0.717) is 37.0 Å². The predicted octanol–water partition coefficient (Wildman–Crippen LogP) is 6.43. The molecular formula is C28H31F3N2O3. The van der Waals surface area contributed by atoms with Crippen LogP contribution < -0.4 is 4.74 Å². The lowest BCUT2D eigenvalue weighted by Crippen LogP contribution is -2.52.